The Balaban J connectivity index is 2.03. The van der Waals surface area contributed by atoms with E-state index in [-0.39, 0.29) is 12.2 Å². The highest BCUT2D eigenvalue weighted by Crippen LogP contribution is 2.29. The summed E-state index contributed by atoms with van der Waals surface area (Å²) in [5.74, 6) is 1.69. The van der Waals surface area contributed by atoms with Gasteiger partial charge in [-0.05, 0) is 38.8 Å². The summed E-state index contributed by atoms with van der Waals surface area (Å²) in [4.78, 5) is 0. The Hall–Kier alpha value is -1.22. The zero-order valence-electron chi connectivity index (χ0n) is 10.6. The summed E-state index contributed by atoms with van der Waals surface area (Å²) in [7, 11) is 0. The molecule has 0 aromatic heterocycles. The van der Waals surface area contributed by atoms with Crippen LogP contribution in [0.4, 0.5) is 0 Å². The number of ether oxygens (including phenoxy) is 2. The van der Waals surface area contributed by atoms with Gasteiger partial charge in [0.05, 0.1) is 6.10 Å². The first-order chi connectivity index (χ1) is 8.25. The van der Waals surface area contributed by atoms with Gasteiger partial charge in [-0.15, -0.1) is 0 Å². The summed E-state index contributed by atoms with van der Waals surface area (Å²) in [5.41, 5.74) is 0. The molecule has 1 aliphatic rings. The predicted molar refractivity (Wildman–Crippen MR) is 67.7 cm³/mol. The van der Waals surface area contributed by atoms with Crippen LogP contribution in [-0.2, 0) is 0 Å². The zero-order valence-corrected chi connectivity index (χ0v) is 10.6. The number of para-hydroxylation sites is 2. The van der Waals surface area contributed by atoms with Crippen LogP contribution < -0.4 is 14.8 Å². The van der Waals surface area contributed by atoms with E-state index in [0.29, 0.717) is 0 Å². The lowest BCUT2D eigenvalue weighted by Crippen LogP contribution is -2.30. The molecule has 0 atom stereocenters. The molecule has 1 aromatic carbocycles. The lowest BCUT2D eigenvalue weighted by molar-refractivity contribution is 0.147. The quantitative estimate of drug-likeness (QED) is 0.802. The number of piperidine rings is 1. The number of hydrogen-bond acceptors (Lipinski definition) is 2. The Kier molecular flexibility index (Phi) is 4.26. The van der Waals surface area contributed by atoms with Crippen molar-refractivity contribution in [1.82, 2.24) is 5.32 Å². The van der Waals surface area contributed by atoms with Crippen molar-refractivity contribution >= 4 is 0 Å². The second kappa shape index (κ2) is 5.92. The zero-order chi connectivity index (χ0) is 12.1. The Labute approximate surface area is 103 Å². The van der Waals surface area contributed by atoms with Crippen molar-refractivity contribution in [3.63, 3.8) is 0 Å². The average Bonchev–Trinajstić information content (AvgIpc) is 2.32. The van der Waals surface area contributed by atoms with Crippen LogP contribution in [0.5, 0.6) is 11.5 Å². The van der Waals surface area contributed by atoms with E-state index in [1.54, 1.807) is 0 Å². The molecular weight excluding hydrogens is 214 g/mol. The van der Waals surface area contributed by atoms with Crippen LogP contribution in [0, 0.1) is 0 Å². The first-order valence-corrected chi connectivity index (χ1v) is 6.31. The summed E-state index contributed by atoms with van der Waals surface area (Å²) >= 11 is 0. The van der Waals surface area contributed by atoms with E-state index in [1.807, 2.05) is 38.1 Å². The number of benzene rings is 1. The minimum atomic E-state index is 0.168. The maximum absolute atomic E-state index is 6.00. The third-order valence-corrected chi connectivity index (χ3v) is 2.72. The van der Waals surface area contributed by atoms with Crippen LogP contribution in [0.3, 0.4) is 0 Å². The second-order valence-corrected chi connectivity index (χ2v) is 4.60. The normalized spacial score (nSPS) is 17.1. The van der Waals surface area contributed by atoms with Gasteiger partial charge in [0, 0.05) is 13.1 Å². The standard InChI is InChI=1S/C14H20NO2/c1-11(2)16-13-5-3-4-6-14(13)17-12-7-9-15-10-8-12/h3-6,11-12H,7-10H2,1-2H3. The highest BCUT2D eigenvalue weighted by Gasteiger charge is 2.17. The molecule has 17 heavy (non-hydrogen) atoms. The Morgan fingerprint density at radius 1 is 1.12 bits per heavy atom. The lowest BCUT2D eigenvalue weighted by atomic mass is 10.1. The monoisotopic (exact) mass is 234 g/mol. The molecule has 3 heteroatoms. The van der Waals surface area contributed by atoms with Crippen molar-refractivity contribution in [2.24, 2.45) is 0 Å². The topological polar surface area (TPSA) is 32.6 Å². The van der Waals surface area contributed by atoms with Gasteiger partial charge in [0.25, 0.3) is 0 Å². The molecule has 1 aliphatic heterocycles. The van der Waals surface area contributed by atoms with Gasteiger partial charge in [0.15, 0.2) is 11.5 Å². The molecular formula is C14H20NO2. The molecule has 0 amide bonds. The molecule has 93 valence electrons. The summed E-state index contributed by atoms with van der Waals surface area (Å²) in [6, 6.07) is 7.89. The van der Waals surface area contributed by atoms with Gasteiger partial charge in [-0.3, -0.25) is 0 Å². The van der Waals surface area contributed by atoms with Crippen molar-refractivity contribution in [1.29, 1.82) is 0 Å². The van der Waals surface area contributed by atoms with Gasteiger partial charge >= 0.3 is 0 Å². The van der Waals surface area contributed by atoms with Gasteiger partial charge in [0.1, 0.15) is 6.10 Å². The highest BCUT2D eigenvalue weighted by atomic mass is 16.5. The summed E-state index contributed by atoms with van der Waals surface area (Å²) in [5, 5.41) is 4.33. The van der Waals surface area contributed by atoms with E-state index in [1.165, 1.54) is 0 Å². The summed E-state index contributed by atoms with van der Waals surface area (Å²) < 4.78 is 11.7. The molecule has 2 rings (SSSR count). The van der Waals surface area contributed by atoms with E-state index >= 15 is 0 Å². The molecule has 1 aromatic rings. The molecule has 0 spiro atoms. The first-order valence-electron chi connectivity index (χ1n) is 6.31. The summed E-state index contributed by atoms with van der Waals surface area (Å²) in [6.07, 6.45) is 2.47. The molecule has 3 nitrogen and oxygen atoms in total. The molecule has 1 fully saturated rings. The summed E-state index contributed by atoms with van der Waals surface area (Å²) in [6.45, 7) is 5.88. The van der Waals surface area contributed by atoms with E-state index in [9.17, 15) is 0 Å². The van der Waals surface area contributed by atoms with E-state index < -0.39 is 0 Å². The number of nitrogens with zero attached hydrogens (tertiary/aromatic N) is 1. The van der Waals surface area contributed by atoms with Crippen LogP contribution in [0.2, 0.25) is 0 Å². The lowest BCUT2D eigenvalue weighted by Gasteiger charge is -2.24. The van der Waals surface area contributed by atoms with Crippen LogP contribution >= 0.6 is 0 Å². The van der Waals surface area contributed by atoms with Crippen LogP contribution in [0.1, 0.15) is 26.7 Å². The van der Waals surface area contributed by atoms with Gasteiger partial charge in [-0.1, -0.05) is 12.1 Å². The van der Waals surface area contributed by atoms with Crippen molar-refractivity contribution < 1.29 is 9.47 Å². The third-order valence-electron chi connectivity index (χ3n) is 2.72. The largest absolute Gasteiger partial charge is 0.487 e. The Morgan fingerprint density at radius 2 is 1.76 bits per heavy atom. The number of rotatable bonds is 4. The van der Waals surface area contributed by atoms with Crippen molar-refractivity contribution in [2.75, 3.05) is 13.1 Å². The fourth-order valence-electron chi connectivity index (χ4n) is 1.92. The fourth-order valence-corrected chi connectivity index (χ4v) is 1.92. The fraction of sp³-hybridized carbons (Fsp3) is 0.571. The molecule has 0 unspecified atom stereocenters. The minimum absolute atomic E-state index is 0.168. The molecule has 0 aliphatic carbocycles. The van der Waals surface area contributed by atoms with Crippen molar-refractivity contribution in [3.8, 4) is 11.5 Å². The van der Waals surface area contributed by atoms with E-state index in [2.05, 4.69) is 5.32 Å². The maximum Gasteiger partial charge on any atom is 0.161 e. The van der Waals surface area contributed by atoms with Crippen LogP contribution in [-0.4, -0.2) is 25.3 Å². The van der Waals surface area contributed by atoms with Crippen LogP contribution in [0.25, 0.3) is 0 Å². The highest BCUT2D eigenvalue weighted by molar-refractivity contribution is 5.39. The van der Waals surface area contributed by atoms with E-state index in [4.69, 9.17) is 9.47 Å². The predicted octanol–water partition coefficient (Wildman–Crippen LogP) is 2.62. The third kappa shape index (κ3) is 3.63. The maximum atomic E-state index is 6.00. The van der Waals surface area contributed by atoms with Crippen LogP contribution in [0.15, 0.2) is 24.3 Å². The van der Waals surface area contributed by atoms with Crippen molar-refractivity contribution in [2.45, 2.75) is 38.9 Å². The van der Waals surface area contributed by atoms with Gasteiger partial charge in [-0.25, -0.2) is 5.32 Å². The SMILES string of the molecule is CC(C)Oc1ccccc1OC1CC[N]CC1. The van der Waals surface area contributed by atoms with Gasteiger partial charge in [-0.2, -0.15) is 0 Å². The molecule has 1 radical (unpaired) electrons. The second-order valence-electron chi connectivity index (χ2n) is 4.60. The molecule has 0 saturated carbocycles. The smallest absolute Gasteiger partial charge is 0.161 e. The molecule has 0 bridgehead atoms. The molecule has 1 saturated heterocycles. The average molecular weight is 234 g/mol. The van der Waals surface area contributed by atoms with Gasteiger partial charge < -0.3 is 9.47 Å². The Bertz CT molecular complexity index is 346. The Morgan fingerprint density at radius 3 is 2.41 bits per heavy atom. The molecule has 0 N–H and O–H groups in total. The number of hydrogen-bond donors (Lipinski definition) is 0. The first kappa shape index (κ1) is 12.2. The minimum Gasteiger partial charge on any atom is -0.487 e. The van der Waals surface area contributed by atoms with Crippen molar-refractivity contribution in [3.05, 3.63) is 24.3 Å². The molecule has 1 heterocycles. The van der Waals surface area contributed by atoms with Gasteiger partial charge in [0.2, 0.25) is 0 Å². The van der Waals surface area contributed by atoms with E-state index in [0.717, 1.165) is 37.4 Å².